The number of carboxylic acids is 1. The van der Waals surface area contributed by atoms with Gasteiger partial charge in [0.2, 0.25) is 0 Å². The maximum absolute atomic E-state index is 11.1. The number of aliphatic carboxylic acids is 1. The Labute approximate surface area is 102 Å². The average molecular weight is 245 g/mol. The second-order valence-electron chi connectivity index (χ2n) is 3.84. The first-order chi connectivity index (χ1) is 7.06. The Balaban J connectivity index is 0.00000225. The molecule has 0 aliphatic carbocycles. The zero-order valence-electron chi connectivity index (χ0n) is 9.64. The van der Waals surface area contributed by atoms with E-state index in [4.69, 9.17) is 9.84 Å². The van der Waals surface area contributed by atoms with Crippen molar-refractivity contribution in [2.45, 2.75) is 19.8 Å². The third kappa shape index (κ3) is 3.42. The second kappa shape index (κ2) is 6.38. The van der Waals surface area contributed by atoms with E-state index in [9.17, 15) is 4.79 Å². The average Bonchev–Trinajstić information content (AvgIpc) is 2.17. The van der Waals surface area contributed by atoms with Crippen LogP contribution in [0.2, 0.25) is 0 Å². The topological polar surface area (TPSA) is 46.5 Å². The van der Waals surface area contributed by atoms with Gasteiger partial charge < -0.3 is 9.84 Å². The molecule has 0 saturated carbocycles. The molecule has 0 heterocycles. The standard InChI is InChI=1S/C12H16O3.ClH/c1-8(2)11(12(13)14)9-5-4-6-10(7-9)15-3;/h4-8,11H,1-3H3,(H,13,14);1H. The predicted molar refractivity (Wildman–Crippen MR) is 65.5 cm³/mol. The molecule has 0 radical (unpaired) electrons. The molecule has 0 aliphatic heterocycles. The minimum absolute atomic E-state index is 0. The van der Waals surface area contributed by atoms with Crippen molar-refractivity contribution in [3.8, 4) is 5.75 Å². The lowest BCUT2D eigenvalue weighted by atomic mass is 9.88. The van der Waals surface area contributed by atoms with Gasteiger partial charge in [0.15, 0.2) is 0 Å². The van der Waals surface area contributed by atoms with Crippen molar-refractivity contribution >= 4 is 18.4 Å². The predicted octanol–water partition coefficient (Wildman–Crippen LogP) is 2.94. The fourth-order valence-corrected chi connectivity index (χ4v) is 1.65. The van der Waals surface area contributed by atoms with Gasteiger partial charge in [-0.25, -0.2) is 0 Å². The van der Waals surface area contributed by atoms with Crippen LogP contribution < -0.4 is 4.74 Å². The Bertz CT molecular complexity index is 350. The van der Waals surface area contributed by atoms with Gasteiger partial charge in [-0.15, -0.1) is 12.4 Å². The maximum atomic E-state index is 11.1. The summed E-state index contributed by atoms with van der Waals surface area (Å²) in [6, 6.07) is 7.22. The van der Waals surface area contributed by atoms with E-state index in [2.05, 4.69) is 0 Å². The van der Waals surface area contributed by atoms with Crippen molar-refractivity contribution in [2.24, 2.45) is 5.92 Å². The third-order valence-corrected chi connectivity index (χ3v) is 2.39. The highest BCUT2D eigenvalue weighted by Crippen LogP contribution is 2.27. The molecule has 0 saturated heterocycles. The van der Waals surface area contributed by atoms with Crippen LogP contribution in [-0.2, 0) is 4.79 Å². The van der Waals surface area contributed by atoms with Gasteiger partial charge in [0, 0.05) is 0 Å². The van der Waals surface area contributed by atoms with E-state index in [1.54, 1.807) is 13.2 Å². The lowest BCUT2D eigenvalue weighted by Gasteiger charge is -2.17. The molecule has 0 spiro atoms. The van der Waals surface area contributed by atoms with E-state index >= 15 is 0 Å². The van der Waals surface area contributed by atoms with E-state index in [0.29, 0.717) is 5.75 Å². The fraction of sp³-hybridized carbons (Fsp3) is 0.417. The summed E-state index contributed by atoms with van der Waals surface area (Å²) in [6.45, 7) is 3.80. The fourth-order valence-electron chi connectivity index (χ4n) is 1.65. The first-order valence-electron chi connectivity index (χ1n) is 4.93. The summed E-state index contributed by atoms with van der Waals surface area (Å²) < 4.78 is 5.07. The van der Waals surface area contributed by atoms with Gasteiger partial charge in [0.1, 0.15) is 5.75 Å². The number of ether oxygens (including phenoxy) is 1. The van der Waals surface area contributed by atoms with Crippen molar-refractivity contribution in [2.75, 3.05) is 7.11 Å². The summed E-state index contributed by atoms with van der Waals surface area (Å²) >= 11 is 0. The third-order valence-electron chi connectivity index (χ3n) is 2.39. The minimum atomic E-state index is -0.793. The monoisotopic (exact) mass is 244 g/mol. The zero-order chi connectivity index (χ0) is 11.4. The maximum Gasteiger partial charge on any atom is 0.311 e. The summed E-state index contributed by atoms with van der Waals surface area (Å²) in [7, 11) is 1.57. The molecule has 16 heavy (non-hydrogen) atoms. The van der Waals surface area contributed by atoms with E-state index in [1.165, 1.54) is 0 Å². The Morgan fingerprint density at radius 1 is 1.38 bits per heavy atom. The summed E-state index contributed by atoms with van der Waals surface area (Å²) in [5.41, 5.74) is 0.789. The molecular formula is C12H17ClO3. The number of carboxylic acid groups (broad SMARTS) is 1. The van der Waals surface area contributed by atoms with Crippen LogP contribution in [0.1, 0.15) is 25.3 Å². The highest BCUT2D eigenvalue weighted by molar-refractivity contribution is 5.85. The van der Waals surface area contributed by atoms with Crippen molar-refractivity contribution in [1.82, 2.24) is 0 Å². The molecule has 1 aromatic carbocycles. The first-order valence-corrected chi connectivity index (χ1v) is 4.93. The van der Waals surface area contributed by atoms with Gasteiger partial charge in [-0.05, 0) is 23.6 Å². The molecule has 1 N–H and O–H groups in total. The van der Waals surface area contributed by atoms with Gasteiger partial charge >= 0.3 is 5.97 Å². The Morgan fingerprint density at radius 3 is 2.44 bits per heavy atom. The second-order valence-corrected chi connectivity index (χ2v) is 3.84. The number of hydrogen-bond acceptors (Lipinski definition) is 2. The van der Waals surface area contributed by atoms with Crippen molar-refractivity contribution in [1.29, 1.82) is 0 Å². The lowest BCUT2D eigenvalue weighted by Crippen LogP contribution is -2.17. The zero-order valence-corrected chi connectivity index (χ0v) is 10.5. The Hall–Kier alpha value is -1.22. The summed E-state index contributed by atoms with van der Waals surface area (Å²) in [5, 5.41) is 9.12. The van der Waals surface area contributed by atoms with Gasteiger partial charge in [0.25, 0.3) is 0 Å². The van der Waals surface area contributed by atoms with Crippen LogP contribution in [0.5, 0.6) is 5.75 Å². The molecule has 1 unspecified atom stereocenters. The van der Waals surface area contributed by atoms with Crippen LogP contribution in [0, 0.1) is 5.92 Å². The van der Waals surface area contributed by atoms with Crippen LogP contribution in [0.4, 0.5) is 0 Å². The largest absolute Gasteiger partial charge is 0.497 e. The number of halogens is 1. The first kappa shape index (κ1) is 14.8. The van der Waals surface area contributed by atoms with Crippen LogP contribution >= 0.6 is 12.4 Å². The molecule has 0 aliphatic rings. The number of hydrogen-bond donors (Lipinski definition) is 1. The highest BCUT2D eigenvalue weighted by atomic mass is 35.5. The van der Waals surface area contributed by atoms with Crippen LogP contribution in [0.3, 0.4) is 0 Å². The van der Waals surface area contributed by atoms with Crippen LogP contribution in [0.15, 0.2) is 24.3 Å². The molecule has 1 atom stereocenters. The molecule has 1 rings (SSSR count). The number of methoxy groups -OCH3 is 1. The van der Waals surface area contributed by atoms with Crippen LogP contribution in [0.25, 0.3) is 0 Å². The van der Waals surface area contributed by atoms with Gasteiger partial charge in [-0.1, -0.05) is 26.0 Å². The minimum Gasteiger partial charge on any atom is -0.497 e. The van der Waals surface area contributed by atoms with Gasteiger partial charge in [-0.3, -0.25) is 4.79 Å². The van der Waals surface area contributed by atoms with Gasteiger partial charge in [0.05, 0.1) is 13.0 Å². The Morgan fingerprint density at radius 2 is 2.00 bits per heavy atom. The quantitative estimate of drug-likeness (QED) is 0.886. The van der Waals surface area contributed by atoms with Crippen LogP contribution in [-0.4, -0.2) is 18.2 Å². The smallest absolute Gasteiger partial charge is 0.311 e. The molecule has 90 valence electrons. The van der Waals surface area contributed by atoms with E-state index < -0.39 is 11.9 Å². The molecule has 0 fully saturated rings. The lowest BCUT2D eigenvalue weighted by molar-refractivity contribution is -0.139. The number of benzene rings is 1. The SMILES string of the molecule is COc1cccc(C(C(=O)O)C(C)C)c1.Cl. The Kier molecular flexibility index (Phi) is 5.89. The highest BCUT2D eigenvalue weighted by Gasteiger charge is 2.23. The van der Waals surface area contributed by atoms with Crippen molar-refractivity contribution in [3.63, 3.8) is 0 Å². The molecule has 1 aromatic rings. The van der Waals surface area contributed by atoms with Crippen molar-refractivity contribution < 1.29 is 14.6 Å². The summed E-state index contributed by atoms with van der Waals surface area (Å²) in [5.74, 6) is -0.507. The molecule has 0 aromatic heterocycles. The van der Waals surface area contributed by atoms with E-state index in [0.717, 1.165) is 5.56 Å². The molecule has 0 amide bonds. The molecular weight excluding hydrogens is 228 g/mol. The summed E-state index contributed by atoms with van der Waals surface area (Å²) in [6.07, 6.45) is 0. The molecule has 3 nitrogen and oxygen atoms in total. The normalized spacial score (nSPS) is 11.8. The van der Waals surface area contributed by atoms with E-state index in [1.807, 2.05) is 32.0 Å². The van der Waals surface area contributed by atoms with Gasteiger partial charge in [-0.2, -0.15) is 0 Å². The molecule has 0 bridgehead atoms. The molecule has 4 heteroatoms. The number of rotatable bonds is 4. The van der Waals surface area contributed by atoms with Crippen molar-refractivity contribution in [3.05, 3.63) is 29.8 Å². The van der Waals surface area contributed by atoms with E-state index in [-0.39, 0.29) is 18.3 Å². The number of carbonyl (C=O) groups is 1. The summed E-state index contributed by atoms with van der Waals surface area (Å²) in [4.78, 5) is 11.1.